The van der Waals surface area contributed by atoms with Crippen molar-refractivity contribution in [3.05, 3.63) is 0 Å². The molecule has 1 nitrogen and oxygen atoms in total. The van der Waals surface area contributed by atoms with Crippen LogP contribution in [0.2, 0.25) is 0 Å². The summed E-state index contributed by atoms with van der Waals surface area (Å²) in [6.45, 7) is 1.95. The molecule has 0 aromatic carbocycles. The zero-order valence-corrected chi connectivity index (χ0v) is 5.22. The summed E-state index contributed by atoms with van der Waals surface area (Å²) < 4.78 is 0. The fourth-order valence-corrected chi connectivity index (χ4v) is 0.454. The Morgan fingerprint density at radius 1 is 1.75 bits per heavy atom. The summed E-state index contributed by atoms with van der Waals surface area (Å²) in [7, 11) is 0. The van der Waals surface area contributed by atoms with Crippen LogP contribution in [0.1, 0.15) is 26.2 Å². The van der Waals surface area contributed by atoms with Gasteiger partial charge in [0.05, 0.1) is 6.10 Å². The standard InChI is InChI=1S/C7H12O/c1-3-5-6-7(8)4-2/h1,7-8H,4-6H2,2H3/t7-/m0/s1. The van der Waals surface area contributed by atoms with Gasteiger partial charge < -0.3 is 5.11 Å². The molecule has 0 aromatic rings. The Labute approximate surface area is 50.7 Å². The van der Waals surface area contributed by atoms with E-state index in [9.17, 15) is 0 Å². The molecular formula is C7H12O. The van der Waals surface area contributed by atoms with Gasteiger partial charge in [-0.15, -0.1) is 12.3 Å². The third kappa shape index (κ3) is 3.70. The summed E-state index contributed by atoms with van der Waals surface area (Å²) >= 11 is 0. The first-order chi connectivity index (χ1) is 3.81. The number of hydrogen-bond donors (Lipinski definition) is 1. The summed E-state index contributed by atoms with van der Waals surface area (Å²) in [4.78, 5) is 0. The second kappa shape index (κ2) is 4.67. The highest BCUT2D eigenvalue weighted by Gasteiger charge is 1.95. The molecule has 0 amide bonds. The molecule has 1 atom stereocenters. The minimum atomic E-state index is -0.189. The summed E-state index contributed by atoms with van der Waals surface area (Å²) in [5.41, 5.74) is 0. The SMILES string of the molecule is C#CCC[C@@H](O)CC. The summed E-state index contributed by atoms with van der Waals surface area (Å²) in [5, 5.41) is 8.89. The van der Waals surface area contributed by atoms with Crippen LogP contribution in [-0.2, 0) is 0 Å². The average molecular weight is 112 g/mol. The van der Waals surface area contributed by atoms with Crippen LogP contribution in [0, 0.1) is 12.3 Å². The van der Waals surface area contributed by atoms with Crippen molar-refractivity contribution >= 4 is 0 Å². The van der Waals surface area contributed by atoms with Crippen LogP contribution in [-0.4, -0.2) is 11.2 Å². The molecule has 46 valence electrons. The van der Waals surface area contributed by atoms with Gasteiger partial charge in [-0.2, -0.15) is 0 Å². The van der Waals surface area contributed by atoms with E-state index in [1.807, 2.05) is 6.92 Å². The molecule has 0 aromatic heterocycles. The van der Waals surface area contributed by atoms with Gasteiger partial charge in [-0.1, -0.05) is 6.92 Å². The first-order valence-electron chi connectivity index (χ1n) is 2.92. The molecular weight excluding hydrogens is 100 g/mol. The lowest BCUT2D eigenvalue weighted by Crippen LogP contribution is -2.02. The maximum absolute atomic E-state index is 8.89. The lowest BCUT2D eigenvalue weighted by atomic mass is 10.2. The molecule has 0 rings (SSSR count). The van der Waals surface area contributed by atoms with Gasteiger partial charge >= 0.3 is 0 Å². The molecule has 0 saturated carbocycles. The van der Waals surface area contributed by atoms with Crippen LogP contribution in [0.15, 0.2) is 0 Å². The zero-order valence-electron chi connectivity index (χ0n) is 5.22. The first-order valence-corrected chi connectivity index (χ1v) is 2.92. The Hall–Kier alpha value is -0.480. The summed E-state index contributed by atoms with van der Waals surface area (Å²) in [5.74, 6) is 2.47. The van der Waals surface area contributed by atoms with Crippen molar-refractivity contribution in [3.63, 3.8) is 0 Å². The maximum Gasteiger partial charge on any atom is 0.0546 e. The molecule has 0 unspecified atom stereocenters. The van der Waals surface area contributed by atoms with E-state index in [4.69, 9.17) is 11.5 Å². The van der Waals surface area contributed by atoms with E-state index in [0.717, 1.165) is 12.8 Å². The Balaban J connectivity index is 3.01. The molecule has 1 N–H and O–H groups in total. The molecule has 0 bridgehead atoms. The van der Waals surface area contributed by atoms with Crippen molar-refractivity contribution in [2.45, 2.75) is 32.3 Å². The van der Waals surface area contributed by atoms with Gasteiger partial charge in [0.1, 0.15) is 0 Å². The first kappa shape index (κ1) is 7.52. The minimum absolute atomic E-state index is 0.189. The van der Waals surface area contributed by atoms with Crippen LogP contribution in [0.3, 0.4) is 0 Å². The molecule has 0 aliphatic heterocycles. The Bertz CT molecular complexity index is 80.9. The smallest absolute Gasteiger partial charge is 0.0546 e. The fraction of sp³-hybridized carbons (Fsp3) is 0.714. The van der Waals surface area contributed by atoms with E-state index in [-0.39, 0.29) is 6.10 Å². The molecule has 0 saturated heterocycles. The monoisotopic (exact) mass is 112 g/mol. The normalized spacial score (nSPS) is 12.6. The van der Waals surface area contributed by atoms with Gasteiger partial charge in [0.2, 0.25) is 0 Å². The maximum atomic E-state index is 8.89. The molecule has 0 aliphatic rings. The van der Waals surface area contributed by atoms with Gasteiger partial charge in [0.25, 0.3) is 0 Å². The fourth-order valence-electron chi connectivity index (χ4n) is 0.454. The topological polar surface area (TPSA) is 20.2 Å². The quantitative estimate of drug-likeness (QED) is 0.543. The van der Waals surface area contributed by atoms with Crippen molar-refractivity contribution in [1.29, 1.82) is 0 Å². The zero-order chi connectivity index (χ0) is 6.41. The van der Waals surface area contributed by atoms with Crippen LogP contribution in [0.25, 0.3) is 0 Å². The number of terminal acetylenes is 1. The Morgan fingerprint density at radius 3 is 2.75 bits per heavy atom. The van der Waals surface area contributed by atoms with Crippen molar-refractivity contribution < 1.29 is 5.11 Å². The van der Waals surface area contributed by atoms with Crippen LogP contribution >= 0.6 is 0 Å². The van der Waals surface area contributed by atoms with Gasteiger partial charge in [-0.25, -0.2) is 0 Å². The predicted octanol–water partition coefficient (Wildman–Crippen LogP) is 1.17. The van der Waals surface area contributed by atoms with Crippen molar-refractivity contribution in [1.82, 2.24) is 0 Å². The number of rotatable bonds is 3. The van der Waals surface area contributed by atoms with Gasteiger partial charge in [0, 0.05) is 6.42 Å². The highest BCUT2D eigenvalue weighted by molar-refractivity contribution is 4.83. The van der Waals surface area contributed by atoms with Crippen molar-refractivity contribution in [2.24, 2.45) is 0 Å². The van der Waals surface area contributed by atoms with E-state index in [1.165, 1.54) is 0 Å². The molecule has 1 heteroatoms. The molecule has 0 radical (unpaired) electrons. The third-order valence-electron chi connectivity index (χ3n) is 1.09. The van der Waals surface area contributed by atoms with Gasteiger partial charge in [-0.05, 0) is 12.8 Å². The van der Waals surface area contributed by atoms with E-state index < -0.39 is 0 Å². The number of hydrogen-bond acceptors (Lipinski definition) is 1. The molecule has 0 spiro atoms. The summed E-state index contributed by atoms with van der Waals surface area (Å²) in [6, 6.07) is 0. The van der Waals surface area contributed by atoms with E-state index >= 15 is 0 Å². The van der Waals surface area contributed by atoms with E-state index in [0.29, 0.717) is 6.42 Å². The largest absolute Gasteiger partial charge is 0.393 e. The number of aliphatic hydroxyl groups excluding tert-OH is 1. The predicted molar refractivity (Wildman–Crippen MR) is 34.4 cm³/mol. The third-order valence-corrected chi connectivity index (χ3v) is 1.09. The molecule has 0 aliphatic carbocycles. The second-order valence-electron chi connectivity index (χ2n) is 1.80. The van der Waals surface area contributed by atoms with Gasteiger partial charge in [0.15, 0.2) is 0 Å². The van der Waals surface area contributed by atoms with Crippen molar-refractivity contribution in [2.75, 3.05) is 0 Å². The Morgan fingerprint density at radius 2 is 2.38 bits per heavy atom. The van der Waals surface area contributed by atoms with Crippen molar-refractivity contribution in [3.8, 4) is 12.3 Å². The lowest BCUT2D eigenvalue weighted by Gasteiger charge is -2.01. The molecule has 8 heavy (non-hydrogen) atoms. The minimum Gasteiger partial charge on any atom is -0.393 e. The Kier molecular flexibility index (Phi) is 4.39. The van der Waals surface area contributed by atoms with Crippen LogP contribution < -0.4 is 0 Å². The lowest BCUT2D eigenvalue weighted by molar-refractivity contribution is 0.162. The summed E-state index contributed by atoms with van der Waals surface area (Å²) in [6.07, 6.45) is 7.02. The second-order valence-corrected chi connectivity index (χ2v) is 1.80. The van der Waals surface area contributed by atoms with E-state index in [2.05, 4.69) is 5.92 Å². The van der Waals surface area contributed by atoms with Crippen LogP contribution in [0.5, 0.6) is 0 Å². The molecule has 0 heterocycles. The van der Waals surface area contributed by atoms with Gasteiger partial charge in [-0.3, -0.25) is 0 Å². The molecule has 0 fully saturated rings. The van der Waals surface area contributed by atoms with E-state index in [1.54, 1.807) is 0 Å². The highest BCUT2D eigenvalue weighted by Crippen LogP contribution is 1.98. The average Bonchev–Trinajstić information content (AvgIpc) is 1.83. The number of aliphatic hydroxyl groups is 1. The highest BCUT2D eigenvalue weighted by atomic mass is 16.3. The van der Waals surface area contributed by atoms with Crippen LogP contribution in [0.4, 0.5) is 0 Å².